The van der Waals surface area contributed by atoms with Crippen LogP contribution < -0.4 is 0 Å². The third kappa shape index (κ3) is 3.35. The summed E-state index contributed by atoms with van der Waals surface area (Å²) in [6, 6.07) is 6.84. The SMILES string of the molecule is CCOC(=O)C(CC=O)c1ccc(Cl)cc1. The van der Waals surface area contributed by atoms with Crippen LogP contribution in [-0.4, -0.2) is 18.9 Å². The van der Waals surface area contributed by atoms with Crippen molar-refractivity contribution in [2.24, 2.45) is 0 Å². The largest absolute Gasteiger partial charge is 0.466 e. The number of carbonyl (C=O) groups excluding carboxylic acids is 2. The minimum absolute atomic E-state index is 0.125. The highest BCUT2D eigenvalue weighted by Gasteiger charge is 2.21. The summed E-state index contributed by atoms with van der Waals surface area (Å²) < 4.78 is 4.91. The third-order valence-electron chi connectivity index (χ3n) is 2.18. The first-order valence-corrected chi connectivity index (χ1v) is 5.42. The van der Waals surface area contributed by atoms with E-state index in [0.29, 0.717) is 11.6 Å². The Morgan fingerprint density at radius 3 is 2.56 bits per heavy atom. The van der Waals surface area contributed by atoms with Gasteiger partial charge in [0.05, 0.1) is 12.5 Å². The summed E-state index contributed by atoms with van der Waals surface area (Å²) >= 11 is 5.75. The van der Waals surface area contributed by atoms with Gasteiger partial charge in [-0.1, -0.05) is 23.7 Å². The van der Waals surface area contributed by atoms with Gasteiger partial charge in [-0.05, 0) is 24.6 Å². The quantitative estimate of drug-likeness (QED) is 0.587. The van der Waals surface area contributed by atoms with Gasteiger partial charge in [0.1, 0.15) is 6.29 Å². The fourth-order valence-electron chi connectivity index (χ4n) is 1.40. The summed E-state index contributed by atoms with van der Waals surface area (Å²) in [4.78, 5) is 22.1. The van der Waals surface area contributed by atoms with Crippen molar-refractivity contribution in [3.05, 3.63) is 34.9 Å². The van der Waals surface area contributed by atoms with Gasteiger partial charge < -0.3 is 9.53 Å². The molecule has 0 aliphatic heterocycles. The van der Waals surface area contributed by atoms with E-state index in [4.69, 9.17) is 16.3 Å². The van der Waals surface area contributed by atoms with Crippen LogP contribution in [0.4, 0.5) is 0 Å². The molecule has 0 aliphatic rings. The standard InChI is InChI=1S/C12H13ClO3/c1-2-16-12(15)11(7-8-14)9-3-5-10(13)6-4-9/h3-6,8,11H,2,7H2,1H3. The molecule has 1 aromatic carbocycles. The normalized spacial score (nSPS) is 11.9. The molecular formula is C12H13ClO3. The minimum Gasteiger partial charge on any atom is -0.466 e. The minimum atomic E-state index is -0.533. The van der Waals surface area contributed by atoms with E-state index in [9.17, 15) is 9.59 Å². The molecular weight excluding hydrogens is 228 g/mol. The van der Waals surface area contributed by atoms with Gasteiger partial charge in [0.15, 0.2) is 0 Å². The lowest BCUT2D eigenvalue weighted by Crippen LogP contribution is -2.16. The van der Waals surface area contributed by atoms with E-state index in [2.05, 4.69) is 0 Å². The number of carbonyl (C=O) groups is 2. The average molecular weight is 241 g/mol. The molecule has 0 amide bonds. The molecule has 0 aliphatic carbocycles. The summed E-state index contributed by atoms with van der Waals surface area (Å²) in [6.45, 7) is 2.04. The van der Waals surface area contributed by atoms with Gasteiger partial charge in [0.2, 0.25) is 0 Å². The van der Waals surface area contributed by atoms with Crippen LogP contribution in [0.3, 0.4) is 0 Å². The lowest BCUT2D eigenvalue weighted by molar-refractivity contribution is -0.145. The number of rotatable bonds is 5. The molecule has 1 unspecified atom stereocenters. The summed E-state index contributed by atoms with van der Waals surface area (Å²) in [7, 11) is 0. The molecule has 4 heteroatoms. The van der Waals surface area contributed by atoms with Crippen LogP contribution in [0.15, 0.2) is 24.3 Å². The Morgan fingerprint density at radius 1 is 1.44 bits per heavy atom. The van der Waals surface area contributed by atoms with Crippen molar-refractivity contribution in [1.82, 2.24) is 0 Å². The zero-order valence-corrected chi connectivity index (χ0v) is 9.74. The van der Waals surface area contributed by atoms with Gasteiger partial charge in [0.25, 0.3) is 0 Å². The summed E-state index contributed by atoms with van der Waals surface area (Å²) in [5.41, 5.74) is 0.745. The molecule has 0 aromatic heterocycles. The summed E-state index contributed by atoms with van der Waals surface area (Å²) in [6.07, 6.45) is 0.844. The predicted molar refractivity (Wildman–Crippen MR) is 61.5 cm³/mol. The highest BCUT2D eigenvalue weighted by molar-refractivity contribution is 6.30. The maximum atomic E-state index is 11.6. The molecule has 0 radical (unpaired) electrons. The molecule has 3 nitrogen and oxygen atoms in total. The number of ether oxygens (including phenoxy) is 1. The Morgan fingerprint density at radius 2 is 2.06 bits per heavy atom. The van der Waals surface area contributed by atoms with E-state index >= 15 is 0 Å². The van der Waals surface area contributed by atoms with E-state index in [1.54, 1.807) is 31.2 Å². The molecule has 0 saturated heterocycles. The molecule has 0 heterocycles. The predicted octanol–water partition coefficient (Wildman–Crippen LogP) is 2.58. The lowest BCUT2D eigenvalue weighted by Gasteiger charge is -2.13. The van der Waals surface area contributed by atoms with E-state index in [1.807, 2.05) is 0 Å². The van der Waals surface area contributed by atoms with Crippen LogP contribution in [0.2, 0.25) is 5.02 Å². The molecule has 16 heavy (non-hydrogen) atoms. The molecule has 1 atom stereocenters. The van der Waals surface area contributed by atoms with Gasteiger partial charge in [-0.2, -0.15) is 0 Å². The molecule has 1 rings (SSSR count). The van der Waals surface area contributed by atoms with E-state index in [-0.39, 0.29) is 12.4 Å². The van der Waals surface area contributed by atoms with Gasteiger partial charge >= 0.3 is 5.97 Å². The van der Waals surface area contributed by atoms with Crippen LogP contribution in [0.1, 0.15) is 24.8 Å². The zero-order chi connectivity index (χ0) is 12.0. The van der Waals surface area contributed by atoms with Crippen LogP contribution >= 0.6 is 11.6 Å². The Balaban J connectivity index is 2.88. The number of benzene rings is 1. The molecule has 0 spiro atoms. The monoisotopic (exact) mass is 240 g/mol. The number of aldehydes is 1. The Hall–Kier alpha value is -1.35. The molecule has 0 saturated carbocycles. The highest BCUT2D eigenvalue weighted by atomic mass is 35.5. The average Bonchev–Trinajstić information content (AvgIpc) is 2.28. The van der Waals surface area contributed by atoms with Crippen molar-refractivity contribution in [2.45, 2.75) is 19.3 Å². The fraction of sp³-hybridized carbons (Fsp3) is 0.333. The van der Waals surface area contributed by atoms with Crippen LogP contribution in [0.25, 0.3) is 0 Å². The van der Waals surface area contributed by atoms with E-state index in [0.717, 1.165) is 11.8 Å². The van der Waals surface area contributed by atoms with Crippen LogP contribution in [0, 0.1) is 0 Å². The first kappa shape index (κ1) is 12.7. The molecule has 0 N–H and O–H groups in total. The molecule has 86 valence electrons. The summed E-state index contributed by atoms with van der Waals surface area (Å²) in [5, 5.41) is 0.595. The van der Waals surface area contributed by atoms with Crippen molar-refractivity contribution in [3.63, 3.8) is 0 Å². The van der Waals surface area contributed by atoms with Crippen molar-refractivity contribution in [1.29, 1.82) is 0 Å². The lowest BCUT2D eigenvalue weighted by atomic mass is 9.96. The third-order valence-corrected chi connectivity index (χ3v) is 2.43. The smallest absolute Gasteiger partial charge is 0.313 e. The van der Waals surface area contributed by atoms with Crippen molar-refractivity contribution in [2.75, 3.05) is 6.61 Å². The maximum absolute atomic E-state index is 11.6. The Bertz CT molecular complexity index is 359. The molecule has 1 aromatic rings. The molecule has 0 fully saturated rings. The number of hydrogen-bond donors (Lipinski definition) is 0. The van der Waals surface area contributed by atoms with Crippen LogP contribution in [0.5, 0.6) is 0 Å². The van der Waals surface area contributed by atoms with Crippen LogP contribution in [-0.2, 0) is 14.3 Å². The Labute approximate surface area is 99.4 Å². The first-order valence-electron chi connectivity index (χ1n) is 5.04. The van der Waals surface area contributed by atoms with Crippen molar-refractivity contribution in [3.8, 4) is 0 Å². The van der Waals surface area contributed by atoms with E-state index < -0.39 is 5.92 Å². The maximum Gasteiger partial charge on any atom is 0.313 e. The highest BCUT2D eigenvalue weighted by Crippen LogP contribution is 2.22. The second-order valence-electron chi connectivity index (χ2n) is 3.26. The van der Waals surface area contributed by atoms with Crippen molar-refractivity contribution < 1.29 is 14.3 Å². The Kier molecular flexibility index (Phi) is 4.99. The van der Waals surface area contributed by atoms with Crippen molar-refractivity contribution >= 4 is 23.9 Å². The zero-order valence-electron chi connectivity index (χ0n) is 8.98. The fourth-order valence-corrected chi connectivity index (χ4v) is 1.53. The van der Waals surface area contributed by atoms with Gasteiger partial charge in [0, 0.05) is 11.4 Å². The topological polar surface area (TPSA) is 43.4 Å². The first-order chi connectivity index (χ1) is 7.69. The number of halogens is 1. The van der Waals surface area contributed by atoms with Gasteiger partial charge in [-0.25, -0.2) is 0 Å². The number of hydrogen-bond acceptors (Lipinski definition) is 3. The number of esters is 1. The summed E-state index contributed by atoms with van der Waals surface area (Å²) in [5.74, 6) is -0.911. The molecule has 0 bridgehead atoms. The van der Waals surface area contributed by atoms with E-state index in [1.165, 1.54) is 0 Å². The van der Waals surface area contributed by atoms with Gasteiger partial charge in [-0.15, -0.1) is 0 Å². The second-order valence-corrected chi connectivity index (χ2v) is 3.69. The second kappa shape index (κ2) is 6.28. The van der Waals surface area contributed by atoms with Gasteiger partial charge in [-0.3, -0.25) is 4.79 Å².